The van der Waals surface area contributed by atoms with Crippen molar-refractivity contribution in [3.8, 4) is 0 Å². The molecule has 0 saturated carbocycles. The van der Waals surface area contributed by atoms with Crippen LogP contribution in [-0.2, 0) is 11.2 Å². The van der Waals surface area contributed by atoms with Gasteiger partial charge in [-0.15, -0.1) is 0 Å². The lowest BCUT2D eigenvalue weighted by Gasteiger charge is -2.14. The highest BCUT2D eigenvalue weighted by molar-refractivity contribution is 5.88. The van der Waals surface area contributed by atoms with Gasteiger partial charge in [0.1, 0.15) is 0 Å². The molecule has 1 aromatic heterocycles. The zero-order valence-corrected chi connectivity index (χ0v) is 11.6. The molecule has 0 aliphatic rings. The minimum Gasteiger partial charge on any atom is -0.340 e. The summed E-state index contributed by atoms with van der Waals surface area (Å²) in [5, 5.41) is 9.72. The summed E-state index contributed by atoms with van der Waals surface area (Å²) in [6.07, 6.45) is 2.09. The van der Waals surface area contributed by atoms with Gasteiger partial charge in [-0.05, 0) is 24.6 Å². The predicted octanol–water partition coefficient (Wildman–Crippen LogP) is 1.92. The fraction of sp³-hybridized carbons (Fsp3) is 0.357. The van der Waals surface area contributed by atoms with E-state index >= 15 is 0 Å². The quantitative estimate of drug-likeness (QED) is 0.841. The van der Waals surface area contributed by atoms with E-state index in [0.717, 1.165) is 17.8 Å². The first-order valence-corrected chi connectivity index (χ1v) is 6.51. The Bertz CT molecular complexity index is 554. The molecule has 0 aliphatic carbocycles. The SMILES string of the molecule is CC(=O)Nc1cccc(C(C)NCCc2ncno2)c1. The Hall–Kier alpha value is -2.21. The van der Waals surface area contributed by atoms with Crippen LogP contribution in [0.2, 0.25) is 0 Å². The topological polar surface area (TPSA) is 80.0 Å². The number of anilines is 1. The fourth-order valence-electron chi connectivity index (χ4n) is 1.91. The van der Waals surface area contributed by atoms with E-state index in [0.29, 0.717) is 12.3 Å². The number of hydrogen-bond donors (Lipinski definition) is 2. The lowest BCUT2D eigenvalue weighted by molar-refractivity contribution is -0.114. The number of rotatable bonds is 6. The average Bonchev–Trinajstić information content (AvgIpc) is 2.91. The maximum absolute atomic E-state index is 11.0. The van der Waals surface area contributed by atoms with Gasteiger partial charge in [-0.25, -0.2) is 0 Å². The van der Waals surface area contributed by atoms with Crippen molar-refractivity contribution in [1.82, 2.24) is 15.5 Å². The molecule has 0 saturated heterocycles. The van der Waals surface area contributed by atoms with Gasteiger partial charge in [-0.2, -0.15) is 4.98 Å². The normalized spacial score (nSPS) is 12.1. The first-order valence-electron chi connectivity index (χ1n) is 6.51. The molecule has 2 rings (SSSR count). The van der Waals surface area contributed by atoms with Crippen molar-refractivity contribution < 1.29 is 9.32 Å². The molecule has 20 heavy (non-hydrogen) atoms. The highest BCUT2D eigenvalue weighted by Gasteiger charge is 2.07. The smallest absolute Gasteiger partial charge is 0.227 e. The van der Waals surface area contributed by atoms with Gasteiger partial charge in [0.2, 0.25) is 11.8 Å². The zero-order valence-electron chi connectivity index (χ0n) is 11.6. The summed E-state index contributed by atoms with van der Waals surface area (Å²) in [6, 6.07) is 7.96. The van der Waals surface area contributed by atoms with Crippen LogP contribution in [0.5, 0.6) is 0 Å². The van der Waals surface area contributed by atoms with Gasteiger partial charge < -0.3 is 15.2 Å². The van der Waals surface area contributed by atoms with E-state index in [1.54, 1.807) is 0 Å². The van der Waals surface area contributed by atoms with Crippen LogP contribution in [-0.4, -0.2) is 22.6 Å². The Labute approximate surface area is 117 Å². The predicted molar refractivity (Wildman–Crippen MR) is 75.2 cm³/mol. The van der Waals surface area contributed by atoms with Crippen molar-refractivity contribution in [3.05, 3.63) is 42.0 Å². The number of carbonyl (C=O) groups is 1. The Morgan fingerprint density at radius 1 is 1.45 bits per heavy atom. The van der Waals surface area contributed by atoms with Gasteiger partial charge >= 0.3 is 0 Å². The first kappa shape index (κ1) is 14.2. The summed E-state index contributed by atoms with van der Waals surface area (Å²) in [7, 11) is 0. The van der Waals surface area contributed by atoms with Crippen molar-refractivity contribution in [2.75, 3.05) is 11.9 Å². The third-order valence-electron chi connectivity index (χ3n) is 2.90. The van der Waals surface area contributed by atoms with Crippen LogP contribution in [0.15, 0.2) is 35.1 Å². The van der Waals surface area contributed by atoms with Crippen LogP contribution >= 0.6 is 0 Å². The molecule has 1 unspecified atom stereocenters. The van der Waals surface area contributed by atoms with E-state index < -0.39 is 0 Å². The second-order valence-electron chi connectivity index (χ2n) is 4.57. The second-order valence-corrected chi connectivity index (χ2v) is 4.57. The molecule has 0 fully saturated rings. The molecule has 2 aromatic rings. The third kappa shape index (κ3) is 4.17. The minimum absolute atomic E-state index is 0.0702. The van der Waals surface area contributed by atoms with Crippen molar-refractivity contribution in [2.45, 2.75) is 26.3 Å². The number of hydrogen-bond acceptors (Lipinski definition) is 5. The Morgan fingerprint density at radius 3 is 3.00 bits per heavy atom. The highest BCUT2D eigenvalue weighted by atomic mass is 16.5. The molecule has 1 aromatic carbocycles. The van der Waals surface area contributed by atoms with E-state index in [4.69, 9.17) is 4.52 Å². The number of benzene rings is 1. The molecule has 0 spiro atoms. The van der Waals surface area contributed by atoms with Crippen molar-refractivity contribution in [2.24, 2.45) is 0 Å². The molecule has 6 heteroatoms. The summed E-state index contributed by atoms with van der Waals surface area (Å²) in [5.74, 6) is 0.552. The minimum atomic E-state index is -0.0702. The summed E-state index contributed by atoms with van der Waals surface area (Å²) >= 11 is 0. The van der Waals surface area contributed by atoms with Gasteiger partial charge in [-0.1, -0.05) is 17.3 Å². The zero-order chi connectivity index (χ0) is 14.4. The Morgan fingerprint density at radius 2 is 2.30 bits per heavy atom. The molecule has 0 radical (unpaired) electrons. The standard InChI is InChI=1S/C14H18N4O2/c1-10(15-7-6-14-16-9-17-20-14)12-4-3-5-13(8-12)18-11(2)19/h3-5,8-10,15H,6-7H2,1-2H3,(H,18,19). The van der Waals surface area contributed by atoms with E-state index in [2.05, 4.69) is 27.7 Å². The lowest BCUT2D eigenvalue weighted by Crippen LogP contribution is -2.21. The molecule has 1 atom stereocenters. The van der Waals surface area contributed by atoms with Crippen molar-refractivity contribution in [3.63, 3.8) is 0 Å². The van der Waals surface area contributed by atoms with Crippen molar-refractivity contribution >= 4 is 11.6 Å². The van der Waals surface area contributed by atoms with E-state index in [1.165, 1.54) is 13.3 Å². The number of nitrogens with zero attached hydrogens (tertiary/aromatic N) is 2. The van der Waals surface area contributed by atoms with Gasteiger partial charge in [0.15, 0.2) is 6.33 Å². The van der Waals surface area contributed by atoms with Crippen LogP contribution in [0.4, 0.5) is 5.69 Å². The summed E-state index contributed by atoms with van der Waals surface area (Å²) in [5.41, 5.74) is 1.92. The molecule has 106 valence electrons. The Balaban J connectivity index is 1.88. The van der Waals surface area contributed by atoms with Crippen LogP contribution in [0.3, 0.4) is 0 Å². The molecular formula is C14H18N4O2. The molecular weight excluding hydrogens is 256 g/mol. The number of amides is 1. The average molecular weight is 274 g/mol. The number of aromatic nitrogens is 2. The maximum atomic E-state index is 11.0. The Kier molecular flexibility index (Phi) is 4.84. The van der Waals surface area contributed by atoms with Gasteiger partial charge in [-0.3, -0.25) is 4.79 Å². The number of nitrogens with one attached hydrogen (secondary N) is 2. The maximum Gasteiger partial charge on any atom is 0.227 e. The van der Waals surface area contributed by atoms with Gasteiger partial charge in [0, 0.05) is 31.6 Å². The second kappa shape index (κ2) is 6.81. The van der Waals surface area contributed by atoms with Crippen LogP contribution in [0.1, 0.15) is 31.3 Å². The van der Waals surface area contributed by atoms with E-state index in [-0.39, 0.29) is 11.9 Å². The van der Waals surface area contributed by atoms with E-state index in [1.807, 2.05) is 24.3 Å². The first-order chi connectivity index (χ1) is 9.65. The van der Waals surface area contributed by atoms with Gasteiger partial charge in [0.05, 0.1) is 0 Å². The summed E-state index contributed by atoms with van der Waals surface area (Å²) in [6.45, 7) is 4.31. The fourth-order valence-corrected chi connectivity index (χ4v) is 1.91. The molecule has 0 bridgehead atoms. The van der Waals surface area contributed by atoms with Crippen LogP contribution in [0.25, 0.3) is 0 Å². The molecule has 0 aliphatic heterocycles. The lowest BCUT2D eigenvalue weighted by atomic mass is 10.1. The van der Waals surface area contributed by atoms with E-state index in [9.17, 15) is 4.79 Å². The van der Waals surface area contributed by atoms with Crippen molar-refractivity contribution in [1.29, 1.82) is 0 Å². The molecule has 6 nitrogen and oxygen atoms in total. The largest absolute Gasteiger partial charge is 0.340 e. The number of carbonyl (C=O) groups excluding carboxylic acids is 1. The third-order valence-corrected chi connectivity index (χ3v) is 2.90. The van der Waals surface area contributed by atoms with Crippen LogP contribution in [0, 0.1) is 0 Å². The van der Waals surface area contributed by atoms with Gasteiger partial charge in [0.25, 0.3) is 0 Å². The monoisotopic (exact) mass is 274 g/mol. The molecule has 1 amide bonds. The van der Waals surface area contributed by atoms with Crippen LogP contribution < -0.4 is 10.6 Å². The summed E-state index contributed by atoms with van der Waals surface area (Å²) in [4.78, 5) is 15.0. The molecule has 2 N–H and O–H groups in total. The summed E-state index contributed by atoms with van der Waals surface area (Å²) < 4.78 is 4.94. The highest BCUT2D eigenvalue weighted by Crippen LogP contribution is 2.17. The molecule has 1 heterocycles.